The zero-order chi connectivity index (χ0) is 60.8. The van der Waals surface area contributed by atoms with Gasteiger partial charge in [0.05, 0.1) is 18.2 Å². The standard InChI is InChI=1S/C60H88N14O10/c1-2-3-4-5-12-19-41(75)36-52(76)67-45(24-29-61)55(79)72-49-28-33-65-53(77)51(35-40-37-66-43-21-14-13-20-42(40)43)74-58(82)48(27-32-64)70-56(80)46(25-30-62)69-54(78)44(23-22-38-15-8-6-9-16-38)68-60(84)50(34-39-17-10-7-11-18-39)73-57(81)47(26-31-63)71-59(49)83/h6-11,13-18,20,37,41,44-51,75H,2-5,12,19,21-36,61-64H2,1H3,(H,65,77)(H,67,76)(H,68,84)(H,69,78)(H,70,80)(H,71,83)(H,72,79)(H,73,81)(H,74,82)/t41-,44+,45-,46+,47+,48+,49+,50-,51+/m1/s1. The average molecular weight is 1170 g/mol. The highest BCUT2D eigenvalue weighted by molar-refractivity contribution is 6.08. The molecule has 3 aliphatic rings. The summed E-state index contributed by atoms with van der Waals surface area (Å²) in [5, 5.41) is 35.2. The fourth-order valence-corrected chi connectivity index (χ4v) is 10.00. The zero-order valence-corrected chi connectivity index (χ0v) is 48.2. The molecule has 24 nitrogen and oxygen atoms in total. The number of benzene rings is 2. The molecule has 458 valence electrons. The average Bonchev–Trinajstić information content (AvgIpc) is 3.87. The minimum Gasteiger partial charge on any atom is -0.393 e. The summed E-state index contributed by atoms with van der Waals surface area (Å²) in [6, 6.07) is 7.04. The molecule has 84 heavy (non-hydrogen) atoms. The lowest BCUT2D eigenvalue weighted by molar-refractivity contribution is -0.136. The van der Waals surface area contributed by atoms with Crippen LogP contribution in [0.25, 0.3) is 0 Å². The van der Waals surface area contributed by atoms with Crippen LogP contribution in [0, 0.1) is 0 Å². The summed E-state index contributed by atoms with van der Waals surface area (Å²) in [5.74, 6) is -7.07. The number of nitrogens with two attached hydrogens (primary N) is 4. The van der Waals surface area contributed by atoms with Gasteiger partial charge in [0.1, 0.15) is 48.3 Å². The third-order valence-electron chi connectivity index (χ3n) is 14.7. The van der Waals surface area contributed by atoms with Gasteiger partial charge in [-0.2, -0.15) is 0 Å². The van der Waals surface area contributed by atoms with Crippen LogP contribution in [-0.4, -0.2) is 151 Å². The molecule has 0 saturated carbocycles. The fourth-order valence-electron chi connectivity index (χ4n) is 10.00. The van der Waals surface area contributed by atoms with E-state index in [4.69, 9.17) is 22.9 Å². The van der Waals surface area contributed by atoms with Gasteiger partial charge in [-0.1, -0.05) is 118 Å². The molecular formula is C60H88N14O10. The minimum absolute atomic E-state index is 0.0261. The Balaban J connectivity index is 1.53. The van der Waals surface area contributed by atoms with Crippen LogP contribution in [0.4, 0.5) is 0 Å². The molecule has 0 aromatic heterocycles. The van der Waals surface area contributed by atoms with Crippen LogP contribution in [0.15, 0.2) is 101 Å². The summed E-state index contributed by atoms with van der Waals surface area (Å²) in [5.41, 5.74) is 27.6. The number of unbranched alkanes of at least 4 members (excludes halogenated alkanes) is 4. The molecule has 1 aliphatic carbocycles. The lowest BCUT2D eigenvalue weighted by Gasteiger charge is -2.28. The van der Waals surface area contributed by atoms with Crippen molar-refractivity contribution in [2.45, 2.75) is 171 Å². The Labute approximate surface area is 491 Å². The van der Waals surface area contributed by atoms with Crippen molar-refractivity contribution in [1.29, 1.82) is 0 Å². The number of nitrogens with zero attached hydrogens (tertiary/aromatic N) is 1. The first kappa shape index (κ1) is 67.2. The van der Waals surface area contributed by atoms with Gasteiger partial charge in [0.25, 0.3) is 0 Å². The number of amides is 9. The van der Waals surface area contributed by atoms with Crippen molar-refractivity contribution >= 4 is 58.9 Å². The molecule has 0 radical (unpaired) electrons. The number of fused-ring (bicyclic) bond motifs is 1. The number of carbonyl (C=O) groups is 9. The number of hydrogen-bond acceptors (Lipinski definition) is 15. The van der Waals surface area contributed by atoms with Gasteiger partial charge in [-0.25, -0.2) is 0 Å². The van der Waals surface area contributed by atoms with Crippen molar-refractivity contribution in [1.82, 2.24) is 47.9 Å². The Morgan fingerprint density at radius 2 is 1.14 bits per heavy atom. The lowest BCUT2D eigenvalue weighted by Crippen LogP contribution is -2.61. The molecule has 1 fully saturated rings. The van der Waals surface area contributed by atoms with E-state index in [0.717, 1.165) is 42.5 Å². The SMILES string of the molecule is CCCCCCC[C@@H](O)CC(=O)N[C@H](CCN)C(=O)N[C@H]1CCNC(=O)[C@H](CC2=CN=C3CC=CC=C23)NC(=O)[C@H](CCN)NC(=O)[C@H](CCN)NC(=O)[C@H](CCc2ccccc2)NC(=O)[C@@H](Cc2ccccc2)NC(=O)[C@H](CCN)NC1=O. The van der Waals surface area contributed by atoms with E-state index in [1.54, 1.807) is 36.5 Å². The van der Waals surface area contributed by atoms with Crippen LogP contribution in [0.3, 0.4) is 0 Å². The number of aliphatic imine (C=N–C) groups is 1. The second kappa shape index (κ2) is 36.2. The molecule has 2 aromatic rings. The van der Waals surface area contributed by atoms with E-state index in [-0.39, 0.29) is 90.5 Å². The molecule has 2 aromatic carbocycles. The van der Waals surface area contributed by atoms with Crippen molar-refractivity contribution in [3.63, 3.8) is 0 Å². The second-order valence-corrected chi connectivity index (χ2v) is 21.4. The number of aliphatic hydroxyl groups excluding tert-OH is 1. The molecule has 0 unspecified atom stereocenters. The molecule has 18 N–H and O–H groups in total. The predicted octanol–water partition coefficient (Wildman–Crippen LogP) is -0.618. The highest BCUT2D eigenvalue weighted by Gasteiger charge is 2.36. The molecule has 2 heterocycles. The minimum atomic E-state index is -1.52. The fraction of sp³-hybridized carbons (Fsp3) is 0.533. The summed E-state index contributed by atoms with van der Waals surface area (Å²) in [6.07, 6.45) is 11.0. The Kier molecular flexibility index (Phi) is 28.9. The third kappa shape index (κ3) is 22.2. The number of allylic oxidation sites excluding steroid dienone is 4. The van der Waals surface area contributed by atoms with Gasteiger partial charge in [-0.15, -0.1) is 0 Å². The van der Waals surface area contributed by atoms with Gasteiger partial charge in [-0.05, 0) is 94.2 Å². The van der Waals surface area contributed by atoms with Crippen molar-refractivity contribution < 1.29 is 48.3 Å². The summed E-state index contributed by atoms with van der Waals surface area (Å²) < 4.78 is 0. The van der Waals surface area contributed by atoms with Crippen molar-refractivity contribution in [3.05, 3.63) is 107 Å². The maximum absolute atomic E-state index is 14.7. The van der Waals surface area contributed by atoms with Crippen molar-refractivity contribution in [2.24, 2.45) is 27.9 Å². The van der Waals surface area contributed by atoms with Gasteiger partial charge in [-0.3, -0.25) is 48.1 Å². The van der Waals surface area contributed by atoms with E-state index < -0.39 is 108 Å². The Hall–Kier alpha value is -7.64. The topological polar surface area (TPSA) is 399 Å². The van der Waals surface area contributed by atoms with Crippen LogP contribution in [0.1, 0.15) is 114 Å². The van der Waals surface area contributed by atoms with Crippen LogP contribution < -0.4 is 70.8 Å². The number of aryl methyl sites for hydroxylation is 1. The largest absolute Gasteiger partial charge is 0.393 e. The van der Waals surface area contributed by atoms with E-state index in [1.165, 1.54) is 0 Å². The van der Waals surface area contributed by atoms with Crippen LogP contribution in [-0.2, 0) is 56.0 Å². The summed E-state index contributed by atoms with van der Waals surface area (Å²) in [6.45, 7) is 1.42. The number of rotatable bonds is 26. The third-order valence-corrected chi connectivity index (χ3v) is 14.7. The number of hydrogen-bond donors (Lipinski definition) is 14. The van der Waals surface area contributed by atoms with Crippen molar-refractivity contribution in [3.8, 4) is 0 Å². The number of nitrogens with one attached hydrogen (secondary N) is 9. The van der Waals surface area contributed by atoms with Crippen LogP contribution in [0.2, 0.25) is 0 Å². The van der Waals surface area contributed by atoms with Gasteiger partial charge >= 0.3 is 0 Å². The molecule has 2 aliphatic heterocycles. The summed E-state index contributed by atoms with van der Waals surface area (Å²) >= 11 is 0. The summed E-state index contributed by atoms with van der Waals surface area (Å²) in [7, 11) is 0. The molecule has 1 saturated heterocycles. The smallest absolute Gasteiger partial charge is 0.243 e. The Bertz CT molecular complexity index is 2650. The monoisotopic (exact) mass is 1160 g/mol. The molecule has 0 spiro atoms. The van der Waals surface area contributed by atoms with Gasteiger partial charge in [0, 0.05) is 37.6 Å². The maximum Gasteiger partial charge on any atom is 0.243 e. The highest BCUT2D eigenvalue weighted by Crippen LogP contribution is 2.28. The van der Waals surface area contributed by atoms with Gasteiger partial charge in [0.2, 0.25) is 53.2 Å². The summed E-state index contributed by atoms with van der Waals surface area (Å²) in [4.78, 5) is 134. The Morgan fingerprint density at radius 1 is 0.619 bits per heavy atom. The molecule has 24 heteroatoms. The first-order chi connectivity index (χ1) is 40.6. The van der Waals surface area contributed by atoms with E-state index in [2.05, 4.69) is 59.8 Å². The van der Waals surface area contributed by atoms with Crippen LogP contribution in [0.5, 0.6) is 0 Å². The molecule has 9 atom stereocenters. The van der Waals surface area contributed by atoms with E-state index in [1.807, 2.05) is 48.6 Å². The molecule has 0 bridgehead atoms. The first-order valence-corrected chi connectivity index (χ1v) is 29.5. The molecular weight excluding hydrogens is 1080 g/mol. The van der Waals surface area contributed by atoms with E-state index in [0.29, 0.717) is 36.8 Å². The number of aliphatic hydroxyl groups is 1. The van der Waals surface area contributed by atoms with E-state index >= 15 is 0 Å². The lowest BCUT2D eigenvalue weighted by atomic mass is 9.93. The zero-order valence-electron chi connectivity index (χ0n) is 48.2. The van der Waals surface area contributed by atoms with Crippen LogP contribution >= 0.6 is 0 Å². The van der Waals surface area contributed by atoms with Crippen molar-refractivity contribution in [2.75, 3.05) is 32.7 Å². The van der Waals surface area contributed by atoms with Gasteiger partial charge in [0.15, 0.2) is 0 Å². The first-order valence-electron chi connectivity index (χ1n) is 29.5. The molecule has 9 amide bonds. The molecule has 5 rings (SSSR count). The number of carbonyl (C=O) groups excluding carboxylic acids is 9. The Morgan fingerprint density at radius 3 is 1.71 bits per heavy atom. The highest BCUT2D eigenvalue weighted by atomic mass is 16.3. The maximum atomic E-state index is 14.7. The quantitative estimate of drug-likeness (QED) is 0.0523. The van der Waals surface area contributed by atoms with E-state index in [9.17, 15) is 48.3 Å². The van der Waals surface area contributed by atoms with Gasteiger partial charge < -0.3 is 75.9 Å². The predicted molar refractivity (Wildman–Crippen MR) is 319 cm³/mol. The normalized spacial score (nSPS) is 22.9. The second-order valence-electron chi connectivity index (χ2n) is 21.4.